The predicted molar refractivity (Wildman–Crippen MR) is 287 cm³/mol. The van der Waals surface area contributed by atoms with Crippen LogP contribution in [0.2, 0.25) is 0 Å². The second-order valence-corrected chi connectivity index (χ2v) is 19.3. The van der Waals surface area contributed by atoms with Crippen LogP contribution < -0.4 is 28.4 Å². The molecule has 9 rings (SSSR count). The van der Waals surface area contributed by atoms with Gasteiger partial charge in [0.2, 0.25) is 0 Å². The summed E-state index contributed by atoms with van der Waals surface area (Å²) in [6.45, 7) is -17.5. The summed E-state index contributed by atoms with van der Waals surface area (Å²) in [5.41, 5.74) is -7.29. The van der Waals surface area contributed by atoms with Gasteiger partial charge >= 0.3 is 0 Å². The third-order valence-corrected chi connectivity index (χ3v) is 13.3. The van der Waals surface area contributed by atoms with Gasteiger partial charge in [0.25, 0.3) is 0 Å². The monoisotopic (exact) mass is 1040 g/mol. The number of fused-ring (bicyclic) bond motifs is 9. The molecule has 6 aliphatic rings. The Labute approximate surface area is 484 Å². The molecule has 0 radical (unpaired) electrons. The first kappa shape index (κ1) is 25.4. The van der Waals surface area contributed by atoms with E-state index in [1.54, 1.807) is 0 Å². The summed E-state index contributed by atoms with van der Waals surface area (Å²) in [5, 5.41) is 33.3. The molecule has 0 saturated carbocycles. The maximum absolute atomic E-state index is 11.1. The lowest BCUT2D eigenvalue weighted by Crippen LogP contribution is -2.48. The normalized spacial score (nSPS) is 39.5. The number of benzene rings is 3. The minimum atomic E-state index is -3.27. The second kappa shape index (κ2) is 23.0. The van der Waals surface area contributed by atoms with Gasteiger partial charge in [0.05, 0.1) is 77.3 Å². The Morgan fingerprint density at radius 1 is 0.486 bits per heavy atom. The highest BCUT2D eigenvalue weighted by molar-refractivity contribution is 5.52. The van der Waals surface area contributed by atoms with Gasteiger partial charge in [0.15, 0.2) is 34.5 Å². The molecule has 3 aromatic rings. The molecule has 3 aromatic carbocycles. The topological polar surface area (TPSA) is 126 Å². The van der Waals surface area contributed by atoms with Crippen LogP contribution in [0.3, 0.4) is 0 Å². The maximum atomic E-state index is 11.1. The highest BCUT2D eigenvalue weighted by atomic mass is 16.5. The zero-order valence-electron chi connectivity index (χ0n) is 78.1. The average molecular weight is 1040 g/mol. The fourth-order valence-corrected chi connectivity index (χ4v) is 10.2. The van der Waals surface area contributed by atoms with Crippen LogP contribution in [0.1, 0.15) is 201 Å². The molecule has 9 atom stereocenters. The molecule has 3 saturated heterocycles. The highest BCUT2D eigenvalue weighted by Crippen LogP contribution is 2.48. The molecular weight excluding hydrogens is 907 g/mol. The first-order chi connectivity index (χ1) is 48.6. The van der Waals surface area contributed by atoms with Gasteiger partial charge in [-0.3, -0.25) is 14.7 Å². The summed E-state index contributed by atoms with van der Waals surface area (Å²) in [7, 11) is 3.48. The van der Waals surface area contributed by atoms with Crippen LogP contribution >= 0.6 is 0 Å². The Hall–Kier alpha value is -3.78. The van der Waals surface area contributed by atoms with Crippen molar-refractivity contribution in [2.75, 3.05) is 81.9 Å². The van der Waals surface area contributed by atoms with Crippen LogP contribution in [0.25, 0.3) is 0 Å². The molecule has 0 aromatic heterocycles. The molecular formula is C60H93N3O9. The molecule has 0 aliphatic carbocycles. The molecule has 6 heterocycles. The molecule has 72 heavy (non-hydrogen) atoms. The number of hydrogen-bond donors (Lipinski definition) is 3. The van der Waals surface area contributed by atoms with Crippen molar-refractivity contribution in [1.82, 2.24) is 14.7 Å². The van der Waals surface area contributed by atoms with Crippen LogP contribution in [0, 0.1) is 34.0 Å². The van der Waals surface area contributed by atoms with Gasteiger partial charge in [-0.25, -0.2) is 0 Å². The number of rotatable bonds is 9. The molecule has 0 amide bonds. The number of aliphatic hydroxyl groups excluding tert-OH is 3. The molecule has 0 bridgehead atoms. The fraction of sp³-hybridized carbons (Fsp3) is 0.700. The molecule has 12 heteroatoms. The van der Waals surface area contributed by atoms with Crippen molar-refractivity contribution in [3.8, 4) is 34.5 Å². The van der Waals surface area contributed by atoms with E-state index < -0.39 is 175 Å². The molecule has 9 unspecified atom stereocenters. The molecule has 6 aliphatic heterocycles. The zero-order chi connectivity index (χ0) is 83.3. The quantitative estimate of drug-likeness (QED) is 0.189. The largest absolute Gasteiger partial charge is 0.493 e. The standard InChI is InChI=1S/3C20H31NO3/c3*1-20(2,3)11-14-12-21-7-6-13-8-18(23-4)19(24-5)9-15(13)16(21)10-17(14)22/h3*8-9,14,16-17,22H,6-7,10-12H2,1-5H3/i1D3,2D3,5D3,8D,9D,11D2,16D;2*1D3,2D3,8D,9D,11D2,16D. The Bertz CT molecular complexity index is 3640. The number of ether oxygens (including phenoxy) is 6. The SMILES string of the molecule is [2H]c1c2c(c([2H])c(OC([2H])([2H])[2H])c1OC)C1([2H])CC(O)C(C([2H])([2H])C(C)(C([2H])([2H])[2H])C([2H])([2H])[2H])CN1CC2.[2H]c1c2c(c([2H])c(OC)c1OC)C1([2H])CC(O)C(C([2H])([2H])C(C)(C([2H])([2H])[2H])C([2H])([2H])[2H])CN1CC2.[2H]c1c2c(c([2H])c(OC)c1OC)C1([2H])CC(O)C(C([2H])([2H])C(C)(C([2H])([2H])[2H])C([2H])([2H])[2H])CN1CC2. The van der Waals surface area contributed by atoms with Crippen molar-refractivity contribution in [2.45, 2.75) is 156 Å². The predicted octanol–water partition coefficient (Wildman–Crippen LogP) is 10.3. The van der Waals surface area contributed by atoms with Crippen molar-refractivity contribution in [3.05, 3.63) is 69.6 Å². The van der Waals surface area contributed by atoms with Crippen molar-refractivity contribution in [2.24, 2.45) is 34.0 Å². The Kier molecular flexibility index (Phi) is 8.10. The second-order valence-electron chi connectivity index (χ2n) is 19.3. The lowest BCUT2D eigenvalue weighted by molar-refractivity contribution is -0.0259. The molecule has 12 nitrogen and oxygen atoms in total. The van der Waals surface area contributed by atoms with Gasteiger partial charge in [-0.1, -0.05) is 61.9 Å². The molecule has 3 N–H and O–H groups in total. The van der Waals surface area contributed by atoms with E-state index in [2.05, 4.69) is 0 Å². The summed E-state index contributed by atoms with van der Waals surface area (Å²) in [5.74, 6) is -5.21. The van der Waals surface area contributed by atoms with E-state index in [9.17, 15) is 19.4 Å². The minimum Gasteiger partial charge on any atom is -0.493 e. The Morgan fingerprint density at radius 3 is 1.00 bits per heavy atom. The van der Waals surface area contributed by atoms with Gasteiger partial charge < -0.3 is 43.7 Å². The van der Waals surface area contributed by atoms with Crippen LogP contribution in [0.5, 0.6) is 34.5 Å². The highest BCUT2D eigenvalue weighted by Gasteiger charge is 2.43. The molecule has 3 fully saturated rings. The van der Waals surface area contributed by atoms with Gasteiger partial charge in [-0.2, -0.15) is 0 Å². The molecule has 402 valence electrons. The van der Waals surface area contributed by atoms with Crippen LogP contribution in [-0.4, -0.2) is 130 Å². The third-order valence-electron chi connectivity index (χ3n) is 13.3. The van der Waals surface area contributed by atoms with Crippen LogP contribution in [0.15, 0.2) is 36.3 Å². The van der Waals surface area contributed by atoms with E-state index in [1.807, 2.05) is 0 Å². The van der Waals surface area contributed by atoms with Gasteiger partial charge in [-0.05, 0) is 161 Å². The van der Waals surface area contributed by atoms with Crippen molar-refractivity contribution in [3.63, 3.8) is 0 Å². The first-order valence-corrected chi connectivity index (χ1v) is 23.7. The van der Waals surface area contributed by atoms with E-state index >= 15 is 0 Å². The summed E-state index contributed by atoms with van der Waals surface area (Å²) in [6.07, 6.45) is -14.4. The first-order valence-electron chi connectivity index (χ1n) is 41.7. The smallest absolute Gasteiger partial charge is 0.161 e. The summed E-state index contributed by atoms with van der Waals surface area (Å²) in [4.78, 5) is 4.44. The minimum absolute atomic E-state index is 0.0333. The number of aliphatic hydroxyl groups is 3. The summed E-state index contributed by atoms with van der Waals surface area (Å²) in [6, 6.07) is -6.67. The fourth-order valence-electron chi connectivity index (χ4n) is 10.2. The van der Waals surface area contributed by atoms with Crippen molar-refractivity contribution < 1.29 is 93.1 Å². The van der Waals surface area contributed by atoms with Crippen LogP contribution in [0.4, 0.5) is 0 Å². The molecule has 0 spiro atoms. The van der Waals surface area contributed by atoms with E-state index in [0.29, 0.717) is 11.1 Å². The number of methoxy groups -OCH3 is 6. The van der Waals surface area contributed by atoms with Crippen LogP contribution in [-0.2, 0) is 19.3 Å². The number of piperidine rings is 3. The van der Waals surface area contributed by atoms with E-state index in [-0.39, 0.29) is 133 Å². The van der Waals surface area contributed by atoms with Crippen molar-refractivity contribution in [1.29, 1.82) is 0 Å². The Balaban J connectivity index is 0.000000226. The van der Waals surface area contributed by atoms with Crippen molar-refractivity contribution >= 4 is 0 Å². The third kappa shape index (κ3) is 13.2. The van der Waals surface area contributed by atoms with Gasteiger partial charge in [0, 0.05) is 90.2 Å². The number of nitrogens with zero attached hydrogens (tertiary/aromatic N) is 3. The maximum Gasteiger partial charge on any atom is 0.161 e. The van der Waals surface area contributed by atoms with E-state index in [4.69, 9.17) is 73.7 Å². The number of hydrogen-bond acceptors (Lipinski definition) is 12. The van der Waals surface area contributed by atoms with E-state index in [1.165, 1.54) is 50.2 Å². The lowest BCUT2D eigenvalue weighted by atomic mass is 9.75. The lowest BCUT2D eigenvalue weighted by Gasteiger charge is -2.47. The average Bonchev–Trinajstić information content (AvgIpc) is 0.710. The van der Waals surface area contributed by atoms with Gasteiger partial charge in [-0.15, -0.1) is 0 Å². The summed E-state index contributed by atoms with van der Waals surface area (Å²) >= 11 is 0. The Morgan fingerprint density at radius 2 is 0.750 bits per heavy atom. The zero-order valence-corrected chi connectivity index (χ0v) is 42.1. The van der Waals surface area contributed by atoms with Gasteiger partial charge in [0.1, 0.15) is 0 Å². The van der Waals surface area contributed by atoms with E-state index in [0.717, 1.165) is 20.8 Å². The summed E-state index contributed by atoms with van der Waals surface area (Å²) < 4.78 is 327.